The number of nitrogens with zero attached hydrogens (tertiary/aromatic N) is 1. The Balaban J connectivity index is 1.85. The van der Waals surface area contributed by atoms with Crippen LogP contribution in [0.1, 0.15) is 35.6 Å². The molecule has 1 unspecified atom stereocenters. The third kappa shape index (κ3) is 2.55. The second-order valence-electron chi connectivity index (χ2n) is 5.27. The molecule has 0 radical (unpaired) electrons. The van der Waals surface area contributed by atoms with Crippen molar-refractivity contribution in [2.24, 2.45) is 0 Å². The van der Waals surface area contributed by atoms with Gasteiger partial charge in [-0.1, -0.05) is 12.1 Å². The van der Waals surface area contributed by atoms with Crippen LogP contribution in [0.15, 0.2) is 36.5 Å². The largest absolute Gasteiger partial charge is 0.399 e. The van der Waals surface area contributed by atoms with Gasteiger partial charge in [-0.3, -0.25) is 0 Å². The van der Waals surface area contributed by atoms with Gasteiger partial charge in [-0.2, -0.15) is 0 Å². The maximum Gasteiger partial charge on any atom is 0.126 e. The van der Waals surface area contributed by atoms with E-state index in [1.165, 1.54) is 23.1 Å². The van der Waals surface area contributed by atoms with E-state index in [2.05, 4.69) is 35.4 Å². The van der Waals surface area contributed by atoms with Gasteiger partial charge in [0.05, 0.1) is 6.04 Å². The van der Waals surface area contributed by atoms with Gasteiger partial charge in [0.2, 0.25) is 0 Å². The molecule has 1 aromatic carbocycles. The molecule has 1 heterocycles. The summed E-state index contributed by atoms with van der Waals surface area (Å²) in [6.45, 7) is 2.05. The van der Waals surface area contributed by atoms with Crippen LogP contribution < -0.4 is 11.1 Å². The number of aromatic nitrogens is 1. The summed E-state index contributed by atoms with van der Waals surface area (Å²) in [5.41, 5.74) is 10.6. The fourth-order valence-electron chi connectivity index (χ4n) is 2.72. The lowest BCUT2D eigenvalue weighted by Crippen LogP contribution is -2.18. The fourth-order valence-corrected chi connectivity index (χ4v) is 2.72. The first-order chi connectivity index (χ1) is 9.22. The minimum Gasteiger partial charge on any atom is -0.399 e. The molecule has 3 N–H and O–H groups in total. The molecule has 1 atom stereocenters. The van der Waals surface area contributed by atoms with Gasteiger partial charge >= 0.3 is 0 Å². The van der Waals surface area contributed by atoms with Crippen LogP contribution in [-0.2, 0) is 6.42 Å². The van der Waals surface area contributed by atoms with Crippen molar-refractivity contribution in [1.82, 2.24) is 4.98 Å². The normalized spacial score (nSPS) is 17.8. The lowest BCUT2D eigenvalue weighted by molar-refractivity contribution is 0.599. The predicted octanol–water partition coefficient (Wildman–Crippen LogP) is 3.46. The smallest absolute Gasteiger partial charge is 0.126 e. The van der Waals surface area contributed by atoms with Gasteiger partial charge in [0.15, 0.2) is 0 Å². The van der Waals surface area contributed by atoms with E-state index >= 15 is 0 Å². The highest BCUT2D eigenvalue weighted by Crippen LogP contribution is 2.33. The Bertz CT molecular complexity index is 575. The van der Waals surface area contributed by atoms with Crippen molar-refractivity contribution in [3.05, 3.63) is 53.2 Å². The molecule has 1 aromatic heterocycles. The first-order valence-corrected chi connectivity index (χ1v) is 6.80. The second kappa shape index (κ2) is 4.92. The summed E-state index contributed by atoms with van der Waals surface area (Å²) in [5.74, 6) is 0.945. The zero-order valence-corrected chi connectivity index (χ0v) is 11.2. The zero-order chi connectivity index (χ0) is 13.2. The molecular formula is C16H19N3. The Kier molecular flexibility index (Phi) is 3.11. The van der Waals surface area contributed by atoms with Crippen LogP contribution in [0.3, 0.4) is 0 Å². The highest BCUT2D eigenvalue weighted by Gasteiger charge is 2.20. The summed E-state index contributed by atoms with van der Waals surface area (Å²) in [6, 6.07) is 10.7. The number of hydrogen-bond donors (Lipinski definition) is 2. The van der Waals surface area contributed by atoms with E-state index in [4.69, 9.17) is 5.73 Å². The first kappa shape index (κ1) is 12.0. The van der Waals surface area contributed by atoms with Crippen LogP contribution in [0.2, 0.25) is 0 Å². The number of hydrogen-bond acceptors (Lipinski definition) is 3. The molecule has 0 aliphatic heterocycles. The molecule has 3 nitrogen and oxygen atoms in total. The van der Waals surface area contributed by atoms with Gasteiger partial charge in [0, 0.05) is 11.9 Å². The third-order valence-electron chi connectivity index (χ3n) is 3.71. The Morgan fingerprint density at radius 2 is 2.16 bits per heavy atom. The van der Waals surface area contributed by atoms with E-state index in [0.717, 1.165) is 24.3 Å². The average molecular weight is 253 g/mol. The molecule has 98 valence electrons. The number of benzene rings is 1. The zero-order valence-electron chi connectivity index (χ0n) is 11.2. The quantitative estimate of drug-likeness (QED) is 0.806. The maximum atomic E-state index is 5.86. The van der Waals surface area contributed by atoms with E-state index in [-0.39, 0.29) is 0 Å². The third-order valence-corrected chi connectivity index (χ3v) is 3.71. The summed E-state index contributed by atoms with van der Waals surface area (Å²) >= 11 is 0. The van der Waals surface area contributed by atoms with Crippen LogP contribution in [0.4, 0.5) is 11.5 Å². The number of nitrogens with two attached hydrogens (primary N) is 1. The molecular weight excluding hydrogens is 234 g/mol. The Labute approximate surface area is 113 Å². The first-order valence-electron chi connectivity index (χ1n) is 6.80. The Morgan fingerprint density at radius 1 is 1.26 bits per heavy atom. The van der Waals surface area contributed by atoms with Crippen LogP contribution >= 0.6 is 0 Å². The molecule has 3 rings (SSSR count). The lowest BCUT2D eigenvalue weighted by Gasteiger charge is -2.27. The monoisotopic (exact) mass is 253 g/mol. The fraction of sp³-hybridized carbons (Fsp3) is 0.312. The van der Waals surface area contributed by atoms with Crippen molar-refractivity contribution in [1.29, 1.82) is 0 Å². The molecule has 0 fully saturated rings. The van der Waals surface area contributed by atoms with E-state index in [9.17, 15) is 0 Å². The number of fused-ring (bicyclic) bond motifs is 1. The number of nitrogens with one attached hydrogen (secondary N) is 1. The highest BCUT2D eigenvalue weighted by atomic mass is 15.0. The number of anilines is 2. The number of aryl methyl sites for hydroxylation is 2. The SMILES string of the molecule is Cc1ccc(NC2CCCc3cc(N)ccc32)nc1. The standard InChI is InChI=1S/C16H19N3/c1-11-5-8-16(18-10-11)19-15-4-2-3-12-9-13(17)6-7-14(12)15/h5-10,15H,2-4,17H2,1H3,(H,18,19). The van der Waals surface area contributed by atoms with Gasteiger partial charge in [0.25, 0.3) is 0 Å². The van der Waals surface area contributed by atoms with Crippen LogP contribution in [0.25, 0.3) is 0 Å². The van der Waals surface area contributed by atoms with E-state index in [0.29, 0.717) is 6.04 Å². The van der Waals surface area contributed by atoms with Crippen molar-refractivity contribution in [2.45, 2.75) is 32.2 Å². The Morgan fingerprint density at radius 3 is 2.95 bits per heavy atom. The van der Waals surface area contributed by atoms with Gasteiger partial charge in [0.1, 0.15) is 5.82 Å². The summed E-state index contributed by atoms with van der Waals surface area (Å²) in [5, 5.41) is 3.53. The minimum absolute atomic E-state index is 0.347. The molecule has 3 heteroatoms. The summed E-state index contributed by atoms with van der Waals surface area (Å²) in [4.78, 5) is 4.43. The highest BCUT2D eigenvalue weighted by molar-refractivity contribution is 5.49. The molecule has 1 aliphatic carbocycles. The maximum absolute atomic E-state index is 5.86. The molecule has 0 amide bonds. The molecule has 0 bridgehead atoms. The Hall–Kier alpha value is -2.03. The molecule has 2 aromatic rings. The van der Waals surface area contributed by atoms with Gasteiger partial charge in [-0.25, -0.2) is 4.98 Å². The van der Waals surface area contributed by atoms with Gasteiger partial charge in [-0.15, -0.1) is 0 Å². The van der Waals surface area contributed by atoms with Crippen molar-refractivity contribution >= 4 is 11.5 Å². The van der Waals surface area contributed by atoms with Crippen molar-refractivity contribution in [3.63, 3.8) is 0 Å². The van der Waals surface area contributed by atoms with Gasteiger partial charge in [-0.05, 0) is 61.1 Å². The van der Waals surface area contributed by atoms with Crippen LogP contribution in [-0.4, -0.2) is 4.98 Å². The van der Waals surface area contributed by atoms with Gasteiger partial charge < -0.3 is 11.1 Å². The number of nitrogen functional groups attached to an aromatic ring is 1. The van der Waals surface area contributed by atoms with Crippen LogP contribution in [0, 0.1) is 6.92 Å². The number of pyridine rings is 1. The van der Waals surface area contributed by atoms with E-state index in [1.807, 2.05) is 18.3 Å². The topological polar surface area (TPSA) is 50.9 Å². The summed E-state index contributed by atoms with van der Waals surface area (Å²) in [6.07, 6.45) is 5.36. The van der Waals surface area contributed by atoms with Crippen molar-refractivity contribution < 1.29 is 0 Å². The minimum atomic E-state index is 0.347. The second-order valence-corrected chi connectivity index (χ2v) is 5.27. The lowest BCUT2D eigenvalue weighted by atomic mass is 9.87. The molecule has 19 heavy (non-hydrogen) atoms. The predicted molar refractivity (Wildman–Crippen MR) is 79.1 cm³/mol. The van der Waals surface area contributed by atoms with E-state index in [1.54, 1.807) is 0 Å². The summed E-state index contributed by atoms with van der Waals surface area (Å²) in [7, 11) is 0. The van der Waals surface area contributed by atoms with E-state index < -0.39 is 0 Å². The van der Waals surface area contributed by atoms with Crippen molar-refractivity contribution in [2.75, 3.05) is 11.1 Å². The molecule has 0 spiro atoms. The molecule has 0 saturated carbocycles. The molecule has 1 aliphatic rings. The molecule has 0 saturated heterocycles. The summed E-state index contributed by atoms with van der Waals surface area (Å²) < 4.78 is 0. The average Bonchev–Trinajstić information content (AvgIpc) is 2.41. The number of rotatable bonds is 2. The van der Waals surface area contributed by atoms with Crippen LogP contribution in [0.5, 0.6) is 0 Å². The van der Waals surface area contributed by atoms with Crippen molar-refractivity contribution in [3.8, 4) is 0 Å².